The smallest absolute Gasteiger partial charge is 0.254 e. The number of fused-ring (bicyclic) bond motifs is 2. The van der Waals surface area contributed by atoms with Gasteiger partial charge in [-0.2, -0.15) is 0 Å². The second-order valence-corrected chi connectivity index (χ2v) is 7.24. The van der Waals surface area contributed by atoms with E-state index in [-0.39, 0.29) is 11.6 Å². The van der Waals surface area contributed by atoms with Crippen LogP contribution in [0, 0.1) is 6.92 Å². The number of aromatic nitrogens is 2. The van der Waals surface area contributed by atoms with Gasteiger partial charge in [0.1, 0.15) is 13.1 Å². The van der Waals surface area contributed by atoms with Crippen LogP contribution in [0.3, 0.4) is 0 Å². The summed E-state index contributed by atoms with van der Waals surface area (Å²) in [6, 6.07) is 14.5. The van der Waals surface area contributed by atoms with Crippen LogP contribution in [0.4, 0.5) is 0 Å². The minimum absolute atomic E-state index is 0.126. The van der Waals surface area contributed by atoms with Gasteiger partial charge in [0.2, 0.25) is 23.0 Å². The van der Waals surface area contributed by atoms with Gasteiger partial charge in [-0.05, 0) is 17.7 Å². The predicted molar refractivity (Wildman–Crippen MR) is 105 cm³/mol. The normalized spacial score (nSPS) is 12.8. The number of carbonyl (C=O) groups excluding carboxylic acids is 2. The summed E-state index contributed by atoms with van der Waals surface area (Å²) in [5.41, 5.74) is 2.78. The van der Waals surface area contributed by atoms with Crippen LogP contribution >= 0.6 is 11.6 Å². The lowest BCUT2D eigenvalue weighted by atomic mass is 9.90. The van der Waals surface area contributed by atoms with Crippen molar-refractivity contribution in [3.05, 3.63) is 87.5 Å². The van der Waals surface area contributed by atoms with E-state index in [2.05, 4.69) is 0 Å². The van der Waals surface area contributed by atoms with Crippen LogP contribution in [0.25, 0.3) is 0 Å². The molecular formula is C22H20ClN2O3+. The monoisotopic (exact) mass is 395 g/mol. The molecule has 3 aromatic rings. The molecule has 0 radical (unpaired) electrons. The van der Waals surface area contributed by atoms with Crippen molar-refractivity contribution in [2.24, 2.45) is 0 Å². The molecule has 0 saturated carbocycles. The quantitative estimate of drug-likeness (QED) is 0.487. The van der Waals surface area contributed by atoms with Crippen LogP contribution in [0.15, 0.2) is 48.5 Å². The van der Waals surface area contributed by atoms with Gasteiger partial charge in [0.25, 0.3) is 5.82 Å². The minimum atomic E-state index is -0.126. The van der Waals surface area contributed by atoms with Crippen molar-refractivity contribution in [3.63, 3.8) is 0 Å². The molecule has 1 aromatic heterocycles. The van der Waals surface area contributed by atoms with Gasteiger partial charge in [-0.15, -0.1) is 0 Å². The summed E-state index contributed by atoms with van der Waals surface area (Å²) in [4.78, 5) is 26.6. The summed E-state index contributed by atoms with van der Waals surface area (Å²) in [5.74, 6) is 0.587. The first-order valence-corrected chi connectivity index (χ1v) is 9.45. The molecule has 0 amide bonds. The van der Waals surface area contributed by atoms with Crippen LogP contribution in [-0.4, -0.2) is 29.9 Å². The largest absolute Gasteiger partial charge is 0.381 e. The minimum Gasteiger partial charge on any atom is -0.381 e. The van der Waals surface area contributed by atoms with Crippen molar-refractivity contribution < 1.29 is 18.9 Å². The molecule has 28 heavy (non-hydrogen) atoms. The van der Waals surface area contributed by atoms with E-state index in [1.54, 1.807) is 31.4 Å². The number of ketones is 2. The van der Waals surface area contributed by atoms with Crippen molar-refractivity contribution in [3.8, 4) is 0 Å². The summed E-state index contributed by atoms with van der Waals surface area (Å²) >= 11 is 6.00. The highest BCUT2D eigenvalue weighted by molar-refractivity contribution is 6.30. The number of hydrogen-bond donors (Lipinski definition) is 0. The summed E-state index contributed by atoms with van der Waals surface area (Å²) in [6.07, 6.45) is 0. The maximum Gasteiger partial charge on any atom is 0.254 e. The van der Waals surface area contributed by atoms with E-state index in [0.29, 0.717) is 47.2 Å². The molecule has 0 saturated heterocycles. The molecule has 1 aliphatic carbocycles. The second kappa shape index (κ2) is 7.34. The lowest BCUT2D eigenvalue weighted by Crippen LogP contribution is -2.44. The third kappa shape index (κ3) is 2.97. The van der Waals surface area contributed by atoms with E-state index in [1.165, 1.54) is 0 Å². The van der Waals surface area contributed by atoms with Gasteiger partial charge in [0, 0.05) is 30.2 Å². The zero-order valence-corrected chi connectivity index (χ0v) is 16.5. The molecule has 0 spiro atoms. The Morgan fingerprint density at radius 2 is 1.64 bits per heavy atom. The Morgan fingerprint density at radius 1 is 1.00 bits per heavy atom. The van der Waals surface area contributed by atoms with Crippen LogP contribution in [0.1, 0.15) is 43.5 Å². The summed E-state index contributed by atoms with van der Waals surface area (Å²) in [5, 5.41) is 0.658. The van der Waals surface area contributed by atoms with Crippen LogP contribution in [0.5, 0.6) is 0 Å². The number of imidazole rings is 1. The number of hydrogen-bond acceptors (Lipinski definition) is 3. The molecule has 142 valence electrons. The fourth-order valence-electron chi connectivity index (χ4n) is 3.74. The molecule has 0 N–H and O–H groups in total. The number of carbonyl (C=O) groups is 2. The number of rotatable bonds is 5. The molecule has 6 heteroatoms. The van der Waals surface area contributed by atoms with Crippen LogP contribution in [0.2, 0.25) is 5.02 Å². The molecule has 0 aliphatic heterocycles. The number of ether oxygens (including phenoxy) is 1. The highest BCUT2D eigenvalue weighted by Crippen LogP contribution is 2.27. The Labute approximate surface area is 168 Å². The molecule has 0 atom stereocenters. The highest BCUT2D eigenvalue weighted by atomic mass is 35.5. The van der Waals surface area contributed by atoms with Crippen LogP contribution < -0.4 is 4.57 Å². The molecule has 1 heterocycles. The zero-order chi connectivity index (χ0) is 19.8. The first-order valence-electron chi connectivity index (χ1n) is 9.07. The molecular weight excluding hydrogens is 376 g/mol. The van der Waals surface area contributed by atoms with Gasteiger partial charge in [-0.25, -0.2) is 9.13 Å². The Hall–Kier alpha value is -2.76. The Balaban J connectivity index is 1.90. The van der Waals surface area contributed by atoms with Gasteiger partial charge in [0.15, 0.2) is 0 Å². The maximum absolute atomic E-state index is 13.3. The Morgan fingerprint density at radius 3 is 2.29 bits per heavy atom. The van der Waals surface area contributed by atoms with Gasteiger partial charge >= 0.3 is 0 Å². The molecule has 0 bridgehead atoms. The van der Waals surface area contributed by atoms with Gasteiger partial charge < -0.3 is 4.74 Å². The molecule has 2 aromatic carbocycles. The summed E-state index contributed by atoms with van der Waals surface area (Å²) in [7, 11) is 1.62. The zero-order valence-electron chi connectivity index (χ0n) is 15.7. The average Bonchev–Trinajstić information content (AvgIpc) is 2.98. The average molecular weight is 396 g/mol. The standard InChI is InChI=1S/C22H20ClN2O3/c1-14-24(11-12-28-2)19-20(25(14)13-15-7-9-16(23)10-8-15)22(27)18-6-4-3-5-17(18)21(19)26/h3-10H,11-13H2,1-2H3/q+1. The second-order valence-electron chi connectivity index (χ2n) is 6.81. The molecule has 1 aliphatic rings. The third-order valence-corrected chi connectivity index (χ3v) is 5.42. The van der Waals surface area contributed by atoms with Crippen molar-refractivity contribution in [2.75, 3.05) is 13.7 Å². The van der Waals surface area contributed by atoms with Gasteiger partial charge in [-0.1, -0.05) is 48.0 Å². The van der Waals surface area contributed by atoms with E-state index in [9.17, 15) is 9.59 Å². The van der Waals surface area contributed by atoms with Gasteiger partial charge in [0.05, 0.1) is 6.61 Å². The summed E-state index contributed by atoms with van der Waals surface area (Å²) < 4.78 is 9.04. The van der Waals surface area contributed by atoms with E-state index < -0.39 is 0 Å². The topological polar surface area (TPSA) is 52.2 Å². The predicted octanol–water partition coefficient (Wildman–Crippen LogP) is 3.21. The molecule has 0 fully saturated rings. The Bertz CT molecular complexity index is 1080. The molecule has 0 unspecified atom stereocenters. The first kappa shape index (κ1) is 18.6. The van der Waals surface area contributed by atoms with E-state index >= 15 is 0 Å². The summed E-state index contributed by atoms with van der Waals surface area (Å²) in [6.45, 7) is 3.35. The van der Waals surface area contributed by atoms with E-state index in [1.807, 2.05) is 40.3 Å². The van der Waals surface area contributed by atoms with Crippen molar-refractivity contribution >= 4 is 23.2 Å². The van der Waals surface area contributed by atoms with E-state index in [4.69, 9.17) is 16.3 Å². The number of nitrogens with zero attached hydrogens (tertiary/aromatic N) is 2. The number of benzene rings is 2. The highest BCUT2D eigenvalue weighted by Gasteiger charge is 2.42. The first-order chi connectivity index (χ1) is 13.5. The Kier molecular flexibility index (Phi) is 4.87. The SMILES string of the molecule is COCC[n+]1c2c(n(Cc3ccc(Cl)cc3)c1C)C(=O)c1ccccc1C2=O. The molecule has 4 rings (SSSR count). The fourth-order valence-corrected chi connectivity index (χ4v) is 3.87. The van der Waals surface area contributed by atoms with Gasteiger partial charge in [-0.3, -0.25) is 9.59 Å². The lowest BCUT2D eigenvalue weighted by Gasteiger charge is -2.13. The fraction of sp³-hybridized carbons (Fsp3) is 0.227. The number of methoxy groups -OCH3 is 1. The van der Waals surface area contributed by atoms with Crippen LogP contribution in [-0.2, 0) is 17.8 Å². The molecule has 5 nitrogen and oxygen atoms in total. The maximum atomic E-state index is 13.3. The lowest BCUT2D eigenvalue weighted by molar-refractivity contribution is -0.705. The number of halogens is 1. The van der Waals surface area contributed by atoms with Crippen molar-refractivity contribution in [1.82, 2.24) is 4.57 Å². The van der Waals surface area contributed by atoms with E-state index in [0.717, 1.165) is 11.4 Å². The third-order valence-electron chi connectivity index (χ3n) is 5.16. The van der Waals surface area contributed by atoms with Crippen molar-refractivity contribution in [2.45, 2.75) is 20.0 Å². The van der Waals surface area contributed by atoms with Crippen molar-refractivity contribution in [1.29, 1.82) is 0 Å².